The molecule has 2 aliphatic rings. The number of nitrogens with zero attached hydrogens (tertiary/aromatic N) is 1. The first-order valence-electron chi connectivity index (χ1n) is 8.26. The largest absolute Gasteiger partial charge is 0.454 e. The Balaban J connectivity index is 1.46. The van der Waals surface area contributed by atoms with Gasteiger partial charge in [-0.2, -0.15) is 11.8 Å². The van der Waals surface area contributed by atoms with Gasteiger partial charge in [-0.15, -0.1) is 0 Å². The smallest absolute Gasteiger partial charge is 0.231 e. The molecule has 132 valence electrons. The van der Waals surface area contributed by atoms with Crippen LogP contribution in [0.4, 0.5) is 0 Å². The van der Waals surface area contributed by atoms with E-state index < -0.39 is 0 Å². The van der Waals surface area contributed by atoms with Crippen LogP contribution >= 0.6 is 23.4 Å². The monoisotopic (exact) mass is 370 g/mol. The third kappa shape index (κ3) is 4.10. The van der Waals surface area contributed by atoms with Crippen LogP contribution in [0.5, 0.6) is 11.5 Å². The van der Waals surface area contributed by atoms with Crippen LogP contribution in [-0.4, -0.2) is 48.7 Å². The van der Waals surface area contributed by atoms with Gasteiger partial charge in [0.2, 0.25) is 12.7 Å². The minimum absolute atomic E-state index is 0.254. The van der Waals surface area contributed by atoms with Gasteiger partial charge < -0.3 is 19.7 Å². The molecule has 1 N–H and O–H groups in total. The van der Waals surface area contributed by atoms with Gasteiger partial charge in [0.25, 0.3) is 0 Å². The molecular weight excluding hydrogens is 348 g/mol. The number of fused-ring (bicyclic) bond motifs is 1. The Morgan fingerprint density at radius 2 is 2.17 bits per heavy atom. The molecule has 0 saturated carbocycles. The van der Waals surface area contributed by atoms with E-state index in [2.05, 4.69) is 11.6 Å². The second kappa shape index (κ2) is 8.32. The lowest BCUT2D eigenvalue weighted by Gasteiger charge is -2.24. The van der Waals surface area contributed by atoms with Crippen LogP contribution in [0.25, 0.3) is 0 Å². The number of carbonyl (C=O) groups excluding carboxylic acids is 1. The fraction of sp³-hybridized carbons (Fsp3) is 0.588. The molecule has 1 aromatic rings. The van der Waals surface area contributed by atoms with E-state index in [-0.39, 0.29) is 6.79 Å². The SMILES string of the molecule is CSCCN1C(=O)CC[C@H]1CCNCc1cc2c(cc1Cl)OCO2. The highest BCUT2D eigenvalue weighted by Gasteiger charge is 2.29. The van der Waals surface area contributed by atoms with Crippen molar-refractivity contribution in [2.45, 2.75) is 31.8 Å². The Kier molecular flexibility index (Phi) is 6.14. The summed E-state index contributed by atoms with van der Waals surface area (Å²) in [6.45, 7) is 2.65. The molecular formula is C17H23ClN2O3S. The van der Waals surface area contributed by atoms with Crippen LogP contribution in [-0.2, 0) is 11.3 Å². The predicted molar refractivity (Wildman–Crippen MR) is 97.0 cm³/mol. The lowest BCUT2D eigenvalue weighted by atomic mass is 10.1. The Bertz CT molecular complexity index is 599. The minimum Gasteiger partial charge on any atom is -0.454 e. The molecule has 5 nitrogen and oxygen atoms in total. The van der Waals surface area contributed by atoms with E-state index >= 15 is 0 Å². The molecule has 24 heavy (non-hydrogen) atoms. The Morgan fingerprint density at radius 1 is 1.38 bits per heavy atom. The van der Waals surface area contributed by atoms with Crippen molar-refractivity contribution in [2.24, 2.45) is 0 Å². The number of benzene rings is 1. The molecule has 7 heteroatoms. The van der Waals surface area contributed by atoms with Gasteiger partial charge in [0.05, 0.1) is 0 Å². The van der Waals surface area contributed by atoms with E-state index in [1.807, 2.05) is 11.0 Å². The molecule has 0 radical (unpaired) electrons. The van der Waals surface area contributed by atoms with Crippen molar-refractivity contribution < 1.29 is 14.3 Å². The van der Waals surface area contributed by atoms with Crippen molar-refractivity contribution in [2.75, 3.05) is 31.9 Å². The van der Waals surface area contributed by atoms with Gasteiger partial charge in [-0.1, -0.05) is 11.6 Å². The van der Waals surface area contributed by atoms with Crippen LogP contribution in [0.15, 0.2) is 12.1 Å². The normalized spacial score (nSPS) is 19.3. The number of rotatable bonds is 8. The Labute approximate surface area is 152 Å². The maximum atomic E-state index is 12.0. The summed E-state index contributed by atoms with van der Waals surface area (Å²) in [6, 6.07) is 4.10. The van der Waals surface area contributed by atoms with E-state index in [1.165, 1.54) is 0 Å². The number of carbonyl (C=O) groups is 1. The molecule has 0 bridgehead atoms. The molecule has 3 rings (SSSR count). The molecule has 2 heterocycles. The van der Waals surface area contributed by atoms with Crippen molar-refractivity contribution >= 4 is 29.3 Å². The quantitative estimate of drug-likeness (QED) is 0.713. The van der Waals surface area contributed by atoms with Gasteiger partial charge >= 0.3 is 0 Å². The molecule has 2 aliphatic heterocycles. The number of amides is 1. The molecule has 1 aromatic carbocycles. The second-order valence-electron chi connectivity index (χ2n) is 6.03. The maximum Gasteiger partial charge on any atom is 0.231 e. The first-order valence-corrected chi connectivity index (χ1v) is 10.0. The van der Waals surface area contributed by atoms with E-state index in [0.717, 1.165) is 43.0 Å². The molecule has 1 saturated heterocycles. The van der Waals surface area contributed by atoms with Gasteiger partial charge in [-0.25, -0.2) is 0 Å². The van der Waals surface area contributed by atoms with Crippen LogP contribution < -0.4 is 14.8 Å². The zero-order valence-corrected chi connectivity index (χ0v) is 15.4. The first kappa shape index (κ1) is 17.7. The van der Waals surface area contributed by atoms with Crippen molar-refractivity contribution in [1.82, 2.24) is 10.2 Å². The number of likely N-dealkylation sites (tertiary alicyclic amines) is 1. The molecule has 0 aromatic heterocycles. The van der Waals surface area contributed by atoms with E-state index in [4.69, 9.17) is 21.1 Å². The van der Waals surface area contributed by atoms with Gasteiger partial charge in [-0.05, 0) is 37.3 Å². The molecule has 0 aliphatic carbocycles. The zero-order chi connectivity index (χ0) is 16.9. The summed E-state index contributed by atoms with van der Waals surface area (Å²) >= 11 is 8.07. The summed E-state index contributed by atoms with van der Waals surface area (Å²) in [5.74, 6) is 2.76. The summed E-state index contributed by atoms with van der Waals surface area (Å²) in [4.78, 5) is 14.0. The van der Waals surface area contributed by atoms with E-state index in [0.29, 0.717) is 35.7 Å². The van der Waals surface area contributed by atoms with Crippen LogP contribution in [0.2, 0.25) is 5.02 Å². The average molecular weight is 371 g/mol. The van der Waals surface area contributed by atoms with Crippen molar-refractivity contribution in [3.63, 3.8) is 0 Å². The number of hydrogen-bond donors (Lipinski definition) is 1. The lowest BCUT2D eigenvalue weighted by Crippen LogP contribution is -2.36. The maximum absolute atomic E-state index is 12.0. The van der Waals surface area contributed by atoms with Crippen molar-refractivity contribution in [3.8, 4) is 11.5 Å². The molecule has 1 fully saturated rings. The van der Waals surface area contributed by atoms with Gasteiger partial charge in [0, 0.05) is 42.4 Å². The molecule has 1 atom stereocenters. The number of thioether (sulfide) groups is 1. The highest BCUT2D eigenvalue weighted by Crippen LogP contribution is 2.36. The van der Waals surface area contributed by atoms with Crippen LogP contribution in [0, 0.1) is 0 Å². The topological polar surface area (TPSA) is 50.8 Å². The third-order valence-electron chi connectivity index (χ3n) is 4.50. The third-order valence-corrected chi connectivity index (χ3v) is 5.44. The van der Waals surface area contributed by atoms with E-state index in [9.17, 15) is 4.79 Å². The number of nitrogens with one attached hydrogen (secondary N) is 1. The van der Waals surface area contributed by atoms with E-state index in [1.54, 1.807) is 17.8 Å². The summed E-state index contributed by atoms with van der Waals surface area (Å²) in [6.07, 6.45) is 4.71. The first-order chi connectivity index (χ1) is 11.7. The molecule has 1 amide bonds. The Hall–Kier alpha value is -1.11. The standard InChI is InChI=1S/C17H23ClN2O3S/c1-24-7-6-20-13(2-3-17(20)21)4-5-19-10-12-8-15-16(9-14(12)18)23-11-22-15/h8-9,13,19H,2-7,10-11H2,1H3/t13-/m0/s1. The fourth-order valence-corrected chi connectivity index (χ4v) is 3.78. The zero-order valence-electron chi connectivity index (χ0n) is 13.8. The van der Waals surface area contributed by atoms with Crippen LogP contribution in [0.3, 0.4) is 0 Å². The summed E-state index contributed by atoms with van der Waals surface area (Å²) in [5.41, 5.74) is 1.00. The van der Waals surface area contributed by atoms with Gasteiger partial charge in [-0.3, -0.25) is 4.79 Å². The summed E-state index contributed by atoms with van der Waals surface area (Å²) in [5, 5.41) is 4.11. The highest BCUT2D eigenvalue weighted by molar-refractivity contribution is 7.98. The Morgan fingerprint density at radius 3 is 2.96 bits per heavy atom. The number of hydrogen-bond acceptors (Lipinski definition) is 5. The highest BCUT2D eigenvalue weighted by atomic mass is 35.5. The minimum atomic E-state index is 0.254. The van der Waals surface area contributed by atoms with Crippen LogP contribution in [0.1, 0.15) is 24.8 Å². The van der Waals surface area contributed by atoms with Crippen molar-refractivity contribution in [3.05, 3.63) is 22.7 Å². The fourth-order valence-electron chi connectivity index (χ4n) is 3.18. The average Bonchev–Trinajstić information content (AvgIpc) is 3.16. The number of ether oxygens (including phenoxy) is 2. The molecule has 0 spiro atoms. The summed E-state index contributed by atoms with van der Waals surface area (Å²) < 4.78 is 10.7. The van der Waals surface area contributed by atoms with Crippen molar-refractivity contribution in [1.29, 1.82) is 0 Å². The summed E-state index contributed by atoms with van der Waals surface area (Å²) in [7, 11) is 0. The number of halogens is 1. The lowest BCUT2D eigenvalue weighted by molar-refractivity contribution is -0.128. The van der Waals surface area contributed by atoms with Gasteiger partial charge in [0.1, 0.15) is 0 Å². The molecule has 0 unspecified atom stereocenters. The van der Waals surface area contributed by atoms with Gasteiger partial charge in [0.15, 0.2) is 11.5 Å². The predicted octanol–water partition coefficient (Wildman–Crippen LogP) is 2.90. The second-order valence-corrected chi connectivity index (χ2v) is 7.43.